The molecule has 0 fully saturated rings. The van der Waals surface area contributed by atoms with Gasteiger partial charge in [0.15, 0.2) is 0 Å². The standard InChI is InChI=1S/C42H29I/c43-37-26-14-24-35(28-37)34-23-13-25-36(27-34)39-29-38(30-15-5-1-6-16-30)40(31-17-7-2-8-18-31)42(33-21-11-4-12-22-33)41(39)32-19-9-3-10-20-32/h1-29H. The van der Waals surface area contributed by atoms with Crippen LogP contribution in [0.4, 0.5) is 0 Å². The summed E-state index contributed by atoms with van der Waals surface area (Å²) in [6.07, 6.45) is 0. The Hall–Kier alpha value is -4.73. The molecule has 0 amide bonds. The van der Waals surface area contributed by atoms with Crippen LogP contribution in [0.15, 0.2) is 176 Å². The van der Waals surface area contributed by atoms with Crippen LogP contribution in [0.2, 0.25) is 0 Å². The van der Waals surface area contributed by atoms with Crippen LogP contribution in [0, 0.1) is 3.57 Å². The zero-order valence-electron chi connectivity index (χ0n) is 23.6. The monoisotopic (exact) mass is 660 g/mol. The Labute approximate surface area is 267 Å². The van der Waals surface area contributed by atoms with E-state index < -0.39 is 0 Å². The van der Waals surface area contributed by atoms with Crippen molar-refractivity contribution >= 4 is 22.6 Å². The average Bonchev–Trinajstić information content (AvgIpc) is 3.09. The fourth-order valence-corrected chi connectivity index (χ4v) is 6.54. The molecule has 1 heteroatoms. The Bertz CT molecular complexity index is 1990. The molecule has 0 nitrogen and oxygen atoms in total. The minimum atomic E-state index is 1.20. The molecule has 0 N–H and O–H groups in total. The molecule has 0 heterocycles. The van der Waals surface area contributed by atoms with Crippen LogP contribution in [0.5, 0.6) is 0 Å². The number of hydrogen-bond acceptors (Lipinski definition) is 0. The first-order valence-electron chi connectivity index (χ1n) is 14.6. The van der Waals surface area contributed by atoms with Crippen molar-refractivity contribution in [2.45, 2.75) is 0 Å². The van der Waals surface area contributed by atoms with Gasteiger partial charge in [0, 0.05) is 3.57 Å². The number of halogens is 1. The Balaban J connectivity index is 1.63. The third-order valence-electron chi connectivity index (χ3n) is 7.93. The molecule has 0 spiro atoms. The lowest BCUT2D eigenvalue weighted by Crippen LogP contribution is -1.98. The van der Waals surface area contributed by atoms with Gasteiger partial charge in [0.25, 0.3) is 0 Å². The molecule has 7 rings (SSSR count). The van der Waals surface area contributed by atoms with Crippen LogP contribution in [-0.2, 0) is 0 Å². The van der Waals surface area contributed by atoms with Crippen molar-refractivity contribution in [3.63, 3.8) is 0 Å². The second kappa shape index (κ2) is 12.2. The minimum Gasteiger partial charge on any atom is -0.0622 e. The van der Waals surface area contributed by atoms with Crippen LogP contribution >= 0.6 is 22.6 Å². The summed E-state index contributed by atoms with van der Waals surface area (Å²) in [4.78, 5) is 0. The molecule has 7 aromatic carbocycles. The summed E-state index contributed by atoms with van der Waals surface area (Å²) < 4.78 is 1.23. The summed E-state index contributed by atoms with van der Waals surface area (Å²) in [6.45, 7) is 0. The van der Waals surface area contributed by atoms with Crippen molar-refractivity contribution in [2.24, 2.45) is 0 Å². The summed E-state index contributed by atoms with van der Waals surface area (Å²) in [6, 6.07) is 63.5. The lowest BCUT2D eigenvalue weighted by molar-refractivity contribution is 1.52. The van der Waals surface area contributed by atoms with E-state index in [4.69, 9.17) is 0 Å². The number of rotatable bonds is 6. The van der Waals surface area contributed by atoms with Gasteiger partial charge in [0.1, 0.15) is 0 Å². The van der Waals surface area contributed by atoms with Crippen molar-refractivity contribution in [3.8, 4) is 66.8 Å². The van der Waals surface area contributed by atoms with Crippen LogP contribution in [0.25, 0.3) is 66.8 Å². The molecule has 0 saturated carbocycles. The van der Waals surface area contributed by atoms with E-state index in [1.54, 1.807) is 0 Å². The summed E-state index contributed by atoms with van der Waals surface area (Å²) >= 11 is 2.40. The molecule has 0 aliphatic carbocycles. The quantitative estimate of drug-likeness (QED) is 0.156. The molecule has 0 aliphatic heterocycles. The summed E-state index contributed by atoms with van der Waals surface area (Å²) in [5.41, 5.74) is 14.6. The molecule has 0 atom stereocenters. The van der Waals surface area contributed by atoms with Crippen LogP contribution < -0.4 is 0 Å². The average molecular weight is 661 g/mol. The fourth-order valence-electron chi connectivity index (χ4n) is 5.99. The van der Waals surface area contributed by atoms with Gasteiger partial charge in [-0.25, -0.2) is 0 Å². The molecular weight excluding hydrogens is 631 g/mol. The number of benzene rings is 7. The number of hydrogen-bond donors (Lipinski definition) is 0. The van der Waals surface area contributed by atoms with Gasteiger partial charge >= 0.3 is 0 Å². The highest BCUT2D eigenvalue weighted by Gasteiger charge is 2.23. The highest BCUT2D eigenvalue weighted by atomic mass is 127. The predicted molar refractivity (Wildman–Crippen MR) is 192 cm³/mol. The zero-order valence-corrected chi connectivity index (χ0v) is 25.8. The maximum Gasteiger partial charge on any atom is 0.0136 e. The molecule has 0 bridgehead atoms. The van der Waals surface area contributed by atoms with E-state index in [1.165, 1.54) is 70.3 Å². The van der Waals surface area contributed by atoms with Crippen molar-refractivity contribution in [1.82, 2.24) is 0 Å². The zero-order chi connectivity index (χ0) is 29.0. The molecule has 0 saturated heterocycles. The Morgan fingerprint density at radius 2 is 0.628 bits per heavy atom. The van der Waals surface area contributed by atoms with Gasteiger partial charge in [-0.05, 0) is 114 Å². The van der Waals surface area contributed by atoms with E-state index in [0.29, 0.717) is 0 Å². The van der Waals surface area contributed by atoms with Crippen molar-refractivity contribution in [2.75, 3.05) is 0 Å². The van der Waals surface area contributed by atoms with Gasteiger partial charge < -0.3 is 0 Å². The molecule has 0 unspecified atom stereocenters. The maximum absolute atomic E-state index is 2.42. The van der Waals surface area contributed by atoms with E-state index >= 15 is 0 Å². The Morgan fingerprint density at radius 3 is 1.14 bits per heavy atom. The van der Waals surface area contributed by atoms with E-state index in [0.717, 1.165) is 0 Å². The second-order valence-corrected chi connectivity index (χ2v) is 11.9. The van der Waals surface area contributed by atoms with Gasteiger partial charge in [-0.3, -0.25) is 0 Å². The third-order valence-corrected chi connectivity index (χ3v) is 8.60. The highest BCUT2D eigenvalue weighted by Crippen LogP contribution is 2.50. The highest BCUT2D eigenvalue weighted by molar-refractivity contribution is 14.1. The molecular formula is C42H29I. The topological polar surface area (TPSA) is 0 Å². The smallest absolute Gasteiger partial charge is 0.0136 e. The van der Waals surface area contributed by atoms with E-state index in [1.807, 2.05) is 0 Å². The molecule has 7 aromatic rings. The maximum atomic E-state index is 2.42. The van der Waals surface area contributed by atoms with E-state index in [-0.39, 0.29) is 0 Å². The van der Waals surface area contributed by atoms with Crippen LogP contribution in [0.3, 0.4) is 0 Å². The van der Waals surface area contributed by atoms with Crippen molar-refractivity contribution < 1.29 is 0 Å². The van der Waals surface area contributed by atoms with Gasteiger partial charge in [-0.1, -0.05) is 152 Å². The van der Waals surface area contributed by atoms with Gasteiger partial charge in [-0.15, -0.1) is 0 Å². The van der Waals surface area contributed by atoms with Crippen LogP contribution in [-0.4, -0.2) is 0 Å². The molecule has 0 aromatic heterocycles. The first kappa shape index (κ1) is 27.1. The largest absolute Gasteiger partial charge is 0.0622 e. The summed E-state index contributed by atoms with van der Waals surface area (Å²) in [5.74, 6) is 0. The summed E-state index contributed by atoms with van der Waals surface area (Å²) in [5, 5.41) is 0. The van der Waals surface area contributed by atoms with Gasteiger partial charge in [0.2, 0.25) is 0 Å². The van der Waals surface area contributed by atoms with Crippen molar-refractivity contribution in [1.29, 1.82) is 0 Å². The lowest BCUT2D eigenvalue weighted by atomic mass is 9.78. The fraction of sp³-hybridized carbons (Fsp3) is 0. The molecule has 204 valence electrons. The van der Waals surface area contributed by atoms with Crippen LogP contribution in [0.1, 0.15) is 0 Å². The summed E-state index contributed by atoms with van der Waals surface area (Å²) in [7, 11) is 0. The lowest BCUT2D eigenvalue weighted by Gasteiger charge is -2.24. The van der Waals surface area contributed by atoms with Gasteiger partial charge in [0.05, 0.1) is 0 Å². The second-order valence-electron chi connectivity index (χ2n) is 10.7. The predicted octanol–water partition coefficient (Wildman–Crippen LogP) is 12.3. The normalized spacial score (nSPS) is 10.9. The van der Waals surface area contributed by atoms with Crippen molar-refractivity contribution in [3.05, 3.63) is 179 Å². The Kier molecular flexibility index (Phi) is 7.73. The Morgan fingerprint density at radius 1 is 0.256 bits per heavy atom. The minimum absolute atomic E-state index is 1.20. The SMILES string of the molecule is Ic1cccc(-c2cccc(-c3cc(-c4ccccc4)c(-c4ccccc4)c(-c4ccccc4)c3-c3ccccc3)c2)c1. The first-order valence-corrected chi connectivity index (χ1v) is 15.6. The molecule has 0 radical (unpaired) electrons. The molecule has 43 heavy (non-hydrogen) atoms. The molecule has 0 aliphatic rings. The van der Waals surface area contributed by atoms with E-state index in [2.05, 4.69) is 199 Å². The van der Waals surface area contributed by atoms with Gasteiger partial charge in [-0.2, -0.15) is 0 Å². The van der Waals surface area contributed by atoms with E-state index in [9.17, 15) is 0 Å². The third kappa shape index (κ3) is 5.57. The first-order chi connectivity index (χ1) is 21.3.